The van der Waals surface area contributed by atoms with Crippen molar-refractivity contribution >= 4 is 49.0 Å². The molecule has 2 aromatic heterocycles. The monoisotopic (exact) mass is 479 g/mol. The van der Waals surface area contributed by atoms with Crippen molar-refractivity contribution in [2.24, 2.45) is 5.14 Å². The number of fused-ring (bicyclic) bond motifs is 1. The number of hydrogen-bond acceptors (Lipinski definition) is 6. The summed E-state index contributed by atoms with van der Waals surface area (Å²) in [5.74, 6) is 0. The highest BCUT2D eigenvalue weighted by Crippen LogP contribution is 2.33. The van der Waals surface area contributed by atoms with Crippen LogP contribution >= 0.6 is 11.3 Å². The van der Waals surface area contributed by atoms with Gasteiger partial charge in [0, 0.05) is 36.6 Å². The molecule has 0 bridgehead atoms. The molecule has 0 radical (unpaired) electrons. The number of nitrogens with zero attached hydrogens (tertiary/aromatic N) is 4. The Morgan fingerprint density at radius 2 is 1.79 bits per heavy atom. The predicted octanol–water partition coefficient (Wildman–Crippen LogP) is 4.15. The van der Waals surface area contributed by atoms with Crippen molar-refractivity contribution in [2.45, 2.75) is 17.6 Å². The molecule has 168 valence electrons. The molecule has 0 unspecified atom stereocenters. The summed E-state index contributed by atoms with van der Waals surface area (Å²) in [7, 11) is -3.88. The lowest BCUT2D eigenvalue weighted by atomic mass is 9.99. The number of aryl methyl sites for hydroxylation is 1. The summed E-state index contributed by atoms with van der Waals surface area (Å²) in [5.41, 5.74) is 3.22. The summed E-state index contributed by atoms with van der Waals surface area (Å²) in [4.78, 5) is 24.9. The lowest BCUT2D eigenvalue weighted by Gasteiger charge is -2.34. The highest BCUT2D eigenvalue weighted by atomic mass is 32.2. The van der Waals surface area contributed by atoms with E-state index in [1.54, 1.807) is 18.0 Å². The van der Waals surface area contributed by atoms with Gasteiger partial charge >= 0.3 is 6.03 Å². The van der Waals surface area contributed by atoms with E-state index in [2.05, 4.69) is 16.0 Å². The van der Waals surface area contributed by atoms with E-state index in [1.807, 2.05) is 48.7 Å². The predicted molar refractivity (Wildman–Crippen MR) is 130 cm³/mol. The molecule has 33 heavy (non-hydrogen) atoms. The van der Waals surface area contributed by atoms with Gasteiger partial charge in [0.25, 0.3) is 0 Å². The molecular weight excluding hydrogens is 458 g/mol. The zero-order valence-electron chi connectivity index (χ0n) is 17.8. The molecule has 2 amide bonds. The van der Waals surface area contributed by atoms with Gasteiger partial charge in [-0.05, 0) is 48.1 Å². The van der Waals surface area contributed by atoms with Crippen LogP contribution in [0.3, 0.4) is 0 Å². The van der Waals surface area contributed by atoms with Crippen LogP contribution in [0.4, 0.5) is 15.6 Å². The Bertz CT molecular complexity index is 1460. The van der Waals surface area contributed by atoms with Crippen molar-refractivity contribution in [2.75, 3.05) is 22.9 Å². The fourth-order valence-corrected chi connectivity index (χ4v) is 6.05. The van der Waals surface area contributed by atoms with Crippen molar-refractivity contribution in [1.29, 1.82) is 0 Å². The number of rotatable bonds is 4. The number of aromatic nitrogens is 2. The third-order valence-electron chi connectivity index (χ3n) is 5.63. The molecular formula is C23H21N5O3S2. The number of amides is 2. The number of anilines is 2. The van der Waals surface area contributed by atoms with E-state index < -0.39 is 10.0 Å². The SMILES string of the molecule is Cc1nc(N2CCCN(c3ccc(-c4cccc5cnccc45)cc3)C2=O)sc1S(N)(=O)=O. The standard InChI is InChI=1S/C23H21N5O3S2/c1-15-21(33(24,30)31)32-22(26-15)28-13-3-12-27(23(28)29)18-8-6-16(7-9-18)19-5-2-4-17-14-25-11-10-20(17)19/h2,4-11,14H,3,12-13H2,1H3,(H2,24,30,31). The molecule has 3 heterocycles. The van der Waals surface area contributed by atoms with Gasteiger partial charge in [0.15, 0.2) is 9.34 Å². The first kappa shape index (κ1) is 21.5. The van der Waals surface area contributed by atoms with Crippen molar-refractivity contribution in [3.05, 3.63) is 66.6 Å². The van der Waals surface area contributed by atoms with Crippen molar-refractivity contribution in [1.82, 2.24) is 9.97 Å². The Balaban J connectivity index is 1.43. The third kappa shape index (κ3) is 3.97. The van der Waals surface area contributed by atoms with Gasteiger partial charge in [-0.15, -0.1) is 0 Å². The maximum Gasteiger partial charge on any atom is 0.330 e. The van der Waals surface area contributed by atoms with E-state index in [9.17, 15) is 13.2 Å². The second kappa shape index (κ2) is 8.22. The summed E-state index contributed by atoms with van der Waals surface area (Å²) in [6.45, 7) is 2.61. The number of primary sulfonamides is 1. The normalized spacial score (nSPS) is 14.8. The largest absolute Gasteiger partial charge is 0.330 e. The number of carbonyl (C=O) groups is 1. The Kier molecular flexibility index (Phi) is 5.35. The van der Waals surface area contributed by atoms with Crippen molar-refractivity contribution in [3.63, 3.8) is 0 Å². The maximum atomic E-state index is 13.3. The minimum atomic E-state index is -3.88. The molecule has 2 aromatic carbocycles. The molecule has 1 fully saturated rings. The highest BCUT2D eigenvalue weighted by Gasteiger charge is 2.31. The molecule has 1 aliphatic heterocycles. The lowest BCUT2D eigenvalue weighted by Crippen LogP contribution is -2.49. The van der Waals surface area contributed by atoms with Gasteiger partial charge < -0.3 is 0 Å². The molecule has 0 atom stereocenters. The van der Waals surface area contributed by atoms with Gasteiger partial charge in [-0.25, -0.2) is 23.3 Å². The average Bonchev–Trinajstić information content (AvgIpc) is 3.21. The number of benzene rings is 2. The second-order valence-corrected chi connectivity index (χ2v) is 10.5. The molecule has 5 rings (SSSR count). The smallest absolute Gasteiger partial charge is 0.294 e. The molecule has 0 saturated carbocycles. The first-order chi connectivity index (χ1) is 15.8. The van der Waals surface area contributed by atoms with Crippen LogP contribution in [0.1, 0.15) is 12.1 Å². The Morgan fingerprint density at radius 3 is 2.52 bits per heavy atom. The van der Waals surface area contributed by atoms with Gasteiger partial charge in [0.05, 0.1) is 5.69 Å². The number of thiazole rings is 1. The van der Waals surface area contributed by atoms with E-state index in [-0.39, 0.29) is 10.2 Å². The number of sulfonamides is 1. The summed E-state index contributed by atoms with van der Waals surface area (Å²) in [6, 6.07) is 15.7. The van der Waals surface area contributed by atoms with Crippen molar-refractivity contribution in [3.8, 4) is 11.1 Å². The van der Waals surface area contributed by atoms with E-state index in [0.717, 1.165) is 45.3 Å². The van der Waals surface area contributed by atoms with Crippen LogP contribution < -0.4 is 14.9 Å². The molecule has 0 aliphatic carbocycles. The number of nitrogens with two attached hydrogens (primary N) is 1. The number of urea groups is 1. The van der Waals surface area contributed by atoms with Crippen LogP contribution in [-0.2, 0) is 10.0 Å². The zero-order valence-corrected chi connectivity index (χ0v) is 19.4. The van der Waals surface area contributed by atoms with Crippen LogP contribution in [-0.4, -0.2) is 37.5 Å². The Labute approximate surface area is 195 Å². The zero-order chi connectivity index (χ0) is 23.2. The van der Waals surface area contributed by atoms with Crippen molar-refractivity contribution < 1.29 is 13.2 Å². The fraction of sp³-hybridized carbons (Fsp3) is 0.174. The highest BCUT2D eigenvalue weighted by molar-refractivity contribution is 7.91. The number of hydrogen-bond donors (Lipinski definition) is 1. The van der Waals surface area contributed by atoms with Crippen LogP contribution in [0.5, 0.6) is 0 Å². The molecule has 1 aliphatic rings. The average molecular weight is 480 g/mol. The van der Waals surface area contributed by atoms with Crippen LogP contribution in [0, 0.1) is 6.92 Å². The van der Waals surface area contributed by atoms with Gasteiger partial charge in [-0.3, -0.25) is 14.8 Å². The lowest BCUT2D eigenvalue weighted by molar-refractivity contribution is 0.248. The molecule has 0 spiro atoms. The van der Waals surface area contributed by atoms with Crippen LogP contribution in [0.2, 0.25) is 0 Å². The van der Waals surface area contributed by atoms with E-state index in [1.165, 1.54) is 4.90 Å². The van der Waals surface area contributed by atoms with Gasteiger partial charge in [0.2, 0.25) is 10.0 Å². The minimum absolute atomic E-state index is 0.0166. The van der Waals surface area contributed by atoms with E-state index in [4.69, 9.17) is 5.14 Å². The summed E-state index contributed by atoms with van der Waals surface area (Å²) in [6.07, 6.45) is 4.35. The Morgan fingerprint density at radius 1 is 1.03 bits per heavy atom. The van der Waals surface area contributed by atoms with Crippen LogP contribution in [0.25, 0.3) is 21.9 Å². The minimum Gasteiger partial charge on any atom is -0.294 e. The van der Waals surface area contributed by atoms with Gasteiger partial charge in [0.1, 0.15) is 0 Å². The maximum absolute atomic E-state index is 13.3. The molecule has 8 nitrogen and oxygen atoms in total. The topological polar surface area (TPSA) is 109 Å². The molecule has 4 aromatic rings. The van der Waals surface area contributed by atoms with E-state index in [0.29, 0.717) is 23.9 Å². The van der Waals surface area contributed by atoms with Gasteiger partial charge in [-0.1, -0.05) is 41.7 Å². The first-order valence-electron chi connectivity index (χ1n) is 10.4. The Hall–Kier alpha value is -3.34. The first-order valence-corrected chi connectivity index (χ1v) is 12.7. The molecule has 10 heteroatoms. The fourth-order valence-electron chi connectivity index (χ4n) is 4.08. The number of carbonyl (C=O) groups excluding carboxylic acids is 1. The number of pyridine rings is 1. The quantitative estimate of drug-likeness (QED) is 0.473. The summed E-state index contributed by atoms with van der Waals surface area (Å²) < 4.78 is 23.5. The van der Waals surface area contributed by atoms with E-state index >= 15 is 0 Å². The summed E-state index contributed by atoms with van der Waals surface area (Å²) in [5, 5.41) is 7.80. The third-order valence-corrected chi connectivity index (χ3v) is 8.36. The van der Waals surface area contributed by atoms with Crippen LogP contribution in [0.15, 0.2) is 65.1 Å². The molecule has 2 N–H and O–H groups in total. The summed E-state index contributed by atoms with van der Waals surface area (Å²) >= 11 is 0.924. The molecule has 1 saturated heterocycles. The second-order valence-electron chi connectivity index (χ2n) is 7.80. The van der Waals surface area contributed by atoms with Gasteiger partial charge in [-0.2, -0.15) is 0 Å².